The van der Waals surface area contributed by atoms with E-state index in [1.807, 2.05) is 24.3 Å². The van der Waals surface area contributed by atoms with Gasteiger partial charge >= 0.3 is 0 Å². The average molecular weight is 251 g/mol. The number of hydrogen-bond acceptors (Lipinski definition) is 4. The van der Waals surface area contributed by atoms with Gasteiger partial charge in [0.05, 0.1) is 26.4 Å². The molecule has 0 bridgehead atoms. The zero-order valence-corrected chi connectivity index (χ0v) is 10.8. The molecule has 18 heavy (non-hydrogen) atoms. The second-order valence-corrected chi connectivity index (χ2v) is 4.62. The Balaban J connectivity index is 1.80. The minimum absolute atomic E-state index is 0.323. The molecule has 0 amide bonds. The van der Waals surface area contributed by atoms with Crippen molar-refractivity contribution < 1.29 is 14.6 Å². The van der Waals surface area contributed by atoms with Crippen LogP contribution in [0.2, 0.25) is 0 Å². The lowest BCUT2D eigenvalue weighted by Crippen LogP contribution is -2.41. The summed E-state index contributed by atoms with van der Waals surface area (Å²) in [5, 5.41) is 10.1. The number of aliphatic hydroxyl groups excluding tert-OH is 1. The highest BCUT2D eigenvalue weighted by Crippen LogP contribution is 2.13. The van der Waals surface area contributed by atoms with Gasteiger partial charge in [-0.05, 0) is 24.1 Å². The fourth-order valence-corrected chi connectivity index (χ4v) is 2.18. The van der Waals surface area contributed by atoms with Crippen molar-refractivity contribution in [2.45, 2.75) is 12.5 Å². The molecular weight excluding hydrogens is 230 g/mol. The van der Waals surface area contributed by atoms with E-state index in [-0.39, 0.29) is 6.10 Å². The van der Waals surface area contributed by atoms with Crippen LogP contribution in [-0.2, 0) is 11.2 Å². The first-order valence-corrected chi connectivity index (χ1v) is 6.39. The van der Waals surface area contributed by atoms with E-state index in [2.05, 4.69) is 4.90 Å². The van der Waals surface area contributed by atoms with Crippen molar-refractivity contribution in [1.82, 2.24) is 4.90 Å². The number of ether oxygens (including phenoxy) is 2. The molecule has 1 aromatic carbocycles. The van der Waals surface area contributed by atoms with Crippen molar-refractivity contribution in [2.75, 3.05) is 40.0 Å². The van der Waals surface area contributed by atoms with Gasteiger partial charge in [-0.1, -0.05) is 12.1 Å². The lowest BCUT2D eigenvalue weighted by Gasteiger charge is -2.28. The van der Waals surface area contributed by atoms with Crippen molar-refractivity contribution in [2.24, 2.45) is 0 Å². The van der Waals surface area contributed by atoms with Gasteiger partial charge in [-0.15, -0.1) is 0 Å². The Hall–Kier alpha value is -1.10. The summed E-state index contributed by atoms with van der Waals surface area (Å²) in [6.07, 6.45) is 0.359. The van der Waals surface area contributed by atoms with E-state index >= 15 is 0 Å². The molecular formula is C14H21NO3. The first kappa shape index (κ1) is 13.3. The summed E-state index contributed by atoms with van der Waals surface area (Å²) < 4.78 is 10.4. The lowest BCUT2D eigenvalue weighted by molar-refractivity contribution is 0.0149. The maximum atomic E-state index is 10.1. The van der Waals surface area contributed by atoms with E-state index < -0.39 is 0 Å². The van der Waals surface area contributed by atoms with E-state index in [1.165, 1.54) is 0 Å². The summed E-state index contributed by atoms with van der Waals surface area (Å²) >= 11 is 0. The van der Waals surface area contributed by atoms with E-state index in [0.717, 1.165) is 44.2 Å². The van der Waals surface area contributed by atoms with Gasteiger partial charge in [-0.25, -0.2) is 0 Å². The molecule has 0 saturated carbocycles. The first-order valence-electron chi connectivity index (χ1n) is 6.39. The molecule has 0 spiro atoms. The molecule has 1 fully saturated rings. The van der Waals surface area contributed by atoms with Crippen LogP contribution in [-0.4, -0.2) is 56.1 Å². The number of methoxy groups -OCH3 is 1. The zero-order chi connectivity index (χ0) is 12.8. The molecule has 100 valence electrons. The number of nitrogens with zero attached hydrogens (tertiary/aromatic N) is 1. The molecule has 1 N–H and O–H groups in total. The molecule has 4 nitrogen and oxygen atoms in total. The predicted octanol–water partition coefficient (Wildman–Crippen LogP) is 0.931. The van der Waals surface area contributed by atoms with Gasteiger partial charge in [0.15, 0.2) is 0 Å². The molecule has 2 rings (SSSR count). The van der Waals surface area contributed by atoms with Crippen molar-refractivity contribution in [3.05, 3.63) is 29.8 Å². The number of benzene rings is 1. The van der Waals surface area contributed by atoms with Crippen LogP contribution < -0.4 is 4.74 Å². The third-order valence-electron chi connectivity index (χ3n) is 3.20. The van der Waals surface area contributed by atoms with E-state index in [0.29, 0.717) is 6.42 Å². The number of hydrogen-bond donors (Lipinski definition) is 1. The third kappa shape index (κ3) is 3.98. The summed E-state index contributed by atoms with van der Waals surface area (Å²) in [5.41, 5.74) is 1.14. The molecule has 1 unspecified atom stereocenters. The molecule has 4 heteroatoms. The monoisotopic (exact) mass is 251 g/mol. The van der Waals surface area contributed by atoms with Crippen LogP contribution in [0.1, 0.15) is 5.56 Å². The zero-order valence-electron chi connectivity index (χ0n) is 10.8. The number of aliphatic hydroxyl groups is 1. The Morgan fingerprint density at radius 3 is 2.56 bits per heavy atom. The van der Waals surface area contributed by atoms with Crippen molar-refractivity contribution >= 4 is 0 Å². The predicted molar refractivity (Wildman–Crippen MR) is 70.0 cm³/mol. The minimum atomic E-state index is -0.323. The second-order valence-electron chi connectivity index (χ2n) is 4.62. The fourth-order valence-electron chi connectivity index (χ4n) is 2.18. The fraction of sp³-hybridized carbons (Fsp3) is 0.571. The van der Waals surface area contributed by atoms with Crippen LogP contribution in [0.5, 0.6) is 5.75 Å². The Bertz CT molecular complexity index is 347. The largest absolute Gasteiger partial charge is 0.497 e. The molecule has 1 aliphatic rings. The maximum Gasteiger partial charge on any atom is 0.118 e. The molecule has 1 aliphatic heterocycles. The van der Waals surface area contributed by atoms with Crippen molar-refractivity contribution in [3.8, 4) is 5.75 Å². The normalized spacial score (nSPS) is 18.6. The summed E-state index contributed by atoms with van der Waals surface area (Å²) in [5.74, 6) is 0.849. The Morgan fingerprint density at radius 2 is 1.94 bits per heavy atom. The number of rotatable bonds is 5. The van der Waals surface area contributed by atoms with E-state index in [9.17, 15) is 5.11 Å². The Labute approximate surface area is 108 Å². The highest BCUT2D eigenvalue weighted by atomic mass is 16.5. The molecule has 1 aromatic rings. The van der Waals surface area contributed by atoms with E-state index in [1.54, 1.807) is 7.11 Å². The topological polar surface area (TPSA) is 41.9 Å². The van der Waals surface area contributed by atoms with Crippen LogP contribution >= 0.6 is 0 Å². The standard InChI is InChI=1S/C14H21NO3/c1-17-14-4-2-12(3-5-14)10-13(16)11-15-6-8-18-9-7-15/h2-5,13,16H,6-11H2,1H3. The smallest absolute Gasteiger partial charge is 0.118 e. The molecule has 0 radical (unpaired) electrons. The van der Waals surface area contributed by atoms with Gasteiger partial charge in [-0.2, -0.15) is 0 Å². The van der Waals surface area contributed by atoms with E-state index in [4.69, 9.17) is 9.47 Å². The maximum absolute atomic E-state index is 10.1. The van der Waals surface area contributed by atoms with Crippen LogP contribution in [0, 0.1) is 0 Å². The van der Waals surface area contributed by atoms with Crippen LogP contribution in [0.15, 0.2) is 24.3 Å². The van der Waals surface area contributed by atoms with Crippen molar-refractivity contribution in [3.63, 3.8) is 0 Å². The quantitative estimate of drug-likeness (QED) is 0.845. The third-order valence-corrected chi connectivity index (χ3v) is 3.20. The summed E-state index contributed by atoms with van der Waals surface area (Å²) in [7, 11) is 1.66. The molecule has 0 aromatic heterocycles. The summed E-state index contributed by atoms with van der Waals surface area (Å²) in [6.45, 7) is 4.10. The summed E-state index contributed by atoms with van der Waals surface area (Å²) in [6, 6.07) is 7.86. The van der Waals surface area contributed by atoms with Gasteiger partial charge in [0.2, 0.25) is 0 Å². The molecule has 0 aliphatic carbocycles. The SMILES string of the molecule is COc1ccc(CC(O)CN2CCOCC2)cc1. The molecule has 1 heterocycles. The van der Waals surface area contributed by atoms with Crippen LogP contribution in [0.3, 0.4) is 0 Å². The molecule has 1 saturated heterocycles. The Morgan fingerprint density at radius 1 is 1.28 bits per heavy atom. The highest BCUT2D eigenvalue weighted by molar-refractivity contribution is 5.27. The second kappa shape index (κ2) is 6.73. The highest BCUT2D eigenvalue weighted by Gasteiger charge is 2.15. The lowest BCUT2D eigenvalue weighted by atomic mass is 10.1. The van der Waals surface area contributed by atoms with Crippen LogP contribution in [0.4, 0.5) is 0 Å². The number of β-amino-alcohol motifs (C(OH)–C–C–N with tert-alkyl or cyclic N) is 1. The van der Waals surface area contributed by atoms with Crippen LogP contribution in [0.25, 0.3) is 0 Å². The van der Waals surface area contributed by atoms with Gasteiger partial charge in [0, 0.05) is 19.6 Å². The van der Waals surface area contributed by atoms with Gasteiger partial charge in [-0.3, -0.25) is 4.90 Å². The molecule has 1 atom stereocenters. The first-order chi connectivity index (χ1) is 8.78. The van der Waals surface area contributed by atoms with Gasteiger partial charge < -0.3 is 14.6 Å². The van der Waals surface area contributed by atoms with Gasteiger partial charge in [0.25, 0.3) is 0 Å². The van der Waals surface area contributed by atoms with Gasteiger partial charge in [0.1, 0.15) is 5.75 Å². The minimum Gasteiger partial charge on any atom is -0.497 e. The Kier molecular flexibility index (Phi) is 4.99. The van der Waals surface area contributed by atoms with Crippen molar-refractivity contribution in [1.29, 1.82) is 0 Å². The average Bonchev–Trinajstić information content (AvgIpc) is 2.40. The number of morpholine rings is 1. The summed E-state index contributed by atoms with van der Waals surface area (Å²) in [4.78, 5) is 2.25.